The number of thiazole rings is 1. The standard InChI is InChI=1S/C14H13N3OS2/c1-9-8-20-14-16-12(7-17(9)14)13(18)15-10-4-3-5-11(6-10)19-2/h3-8H,1-2H3,(H,15,18). The Morgan fingerprint density at radius 2 is 2.30 bits per heavy atom. The van der Waals surface area contributed by atoms with E-state index in [-0.39, 0.29) is 5.91 Å². The first-order valence-corrected chi connectivity index (χ1v) is 8.16. The van der Waals surface area contributed by atoms with Gasteiger partial charge in [-0.2, -0.15) is 0 Å². The molecule has 0 unspecified atom stereocenters. The van der Waals surface area contributed by atoms with Crippen molar-refractivity contribution in [2.75, 3.05) is 11.6 Å². The highest BCUT2D eigenvalue weighted by atomic mass is 32.2. The average Bonchev–Trinajstić information content (AvgIpc) is 3.02. The molecule has 1 N–H and O–H groups in total. The van der Waals surface area contributed by atoms with Crippen molar-refractivity contribution >= 4 is 39.7 Å². The molecule has 0 atom stereocenters. The van der Waals surface area contributed by atoms with E-state index < -0.39 is 0 Å². The van der Waals surface area contributed by atoms with Gasteiger partial charge in [-0.25, -0.2) is 4.98 Å². The molecule has 20 heavy (non-hydrogen) atoms. The molecule has 0 bridgehead atoms. The van der Waals surface area contributed by atoms with E-state index in [9.17, 15) is 4.79 Å². The van der Waals surface area contributed by atoms with Crippen molar-refractivity contribution in [1.29, 1.82) is 0 Å². The van der Waals surface area contributed by atoms with E-state index in [0.717, 1.165) is 21.2 Å². The van der Waals surface area contributed by atoms with Gasteiger partial charge in [-0.3, -0.25) is 9.20 Å². The monoisotopic (exact) mass is 303 g/mol. The van der Waals surface area contributed by atoms with Crippen molar-refractivity contribution in [2.24, 2.45) is 0 Å². The number of carbonyl (C=O) groups excluding carboxylic acids is 1. The zero-order valence-electron chi connectivity index (χ0n) is 11.1. The second-order valence-electron chi connectivity index (χ2n) is 4.34. The van der Waals surface area contributed by atoms with Gasteiger partial charge in [0, 0.05) is 27.9 Å². The number of thioether (sulfide) groups is 1. The Morgan fingerprint density at radius 1 is 1.45 bits per heavy atom. The van der Waals surface area contributed by atoms with Gasteiger partial charge in [-0.1, -0.05) is 6.07 Å². The highest BCUT2D eigenvalue weighted by Gasteiger charge is 2.13. The number of amides is 1. The second-order valence-corrected chi connectivity index (χ2v) is 6.06. The van der Waals surface area contributed by atoms with Crippen molar-refractivity contribution < 1.29 is 4.79 Å². The summed E-state index contributed by atoms with van der Waals surface area (Å²) in [5.41, 5.74) is 2.31. The number of hydrogen-bond donors (Lipinski definition) is 1. The first kappa shape index (κ1) is 13.2. The molecule has 0 spiro atoms. The van der Waals surface area contributed by atoms with E-state index in [1.54, 1.807) is 18.0 Å². The highest BCUT2D eigenvalue weighted by Crippen LogP contribution is 2.20. The molecule has 3 aromatic rings. The summed E-state index contributed by atoms with van der Waals surface area (Å²) in [7, 11) is 0. The Hall–Kier alpha value is -1.79. The molecule has 1 amide bonds. The number of nitrogens with zero attached hydrogens (tertiary/aromatic N) is 2. The van der Waals surface area contributed by atoms with Gasteiger partial charge in [0.1, 0.15) is 5.69 Å². The van der Waals surface area contributed by atoms with E-state index >= 15 is 0 Å². The third-order valence-corrected chi connectivity index (χ3v) is 4.63. The lowest BCUT2D eigenvalue weighted by Crippen LogP contribution is -2.12. The molecule has 0 saturated carbocycles. The van der Waals surface area contributed by atoms with E-state index in [2.05, 4.69) is 10.3 Å². The van der Waals surface area contributed by atoms with Crippen molar-refractivity contribution in [1.82, 2.24) is 9.38 Å². The van der Waals surface area contributed by atoms with Crippen LogP contribution >= 0.6 is 23.1 Å². The number of imidazole rings is 1. The largest absolute Gasteiger partial charge is 0.321 e. The fourth-order valence-electron chi connectivity index (χ4n) is 1.90. The third kappa shape index (κ3) is 2.44. The molecule has 0 aliphatic heterocycles. The number of anilines is 1. The number of carbonyl (C=O) groups is 1. The summed E-state index contributed by atoms with van der Waals surface area (Å²) >= 11 is 3.18. The van der Waals surface area contributed by atoms with Crippen LogP contribution in [0.4, 0.5) is 5.69 Å². The Bertz CT molecular complexity index is 776. The lowest BCUT2D eigenvalue weighted by Gasteiger charge is -2.04. The van der Waals surface area contributed by atoms with Crippen LogP contribution in [0, 0.1) is 6.92 Å². The van der Waals surface area contributed by atoms with Crippen LogP contribution in [0.1, 0.15) is 16.2 Å². The molecule has 0 aliphatic carbocycles. The van der Waals surface area contributed by atoms with Crippen LogP contribution in [0.5, 0.6) is 0 Å². The summed E-state index contributed by atoms with van der Waals surface area (Å²) in [6.07, 6.45) is 3.78. The van der Waals surface area contributed by atoms with Crippen LogP contribution in [0.2, 0.25) is 0 Å². The molecule has 0 saturated heterocycles. The number of hydrogen-bond acceptors (Lipinski definition) is 4. The second kappa shape index (κ2) is 5.30. The van der Waals surface area contributed by atoms with Crippen molar-refractivity contribution in [2.45, 2.75) is 11.8 Å². The number of aryl methyl sites for hydroxylation is 1. The van der Waals surface area contributed by atoms with Crippen LogP contribution in [-0.4, -0.2) is 21.5 Å². The van der Waals surface area contributed by atoms with E-state index in [0.29, 0.717) is 5.69 Å². The Labute approximate surface area is 124 Å². The summed E-state index contributed by atoms with van der Waals surface area (Å²) in [5.74, 6) is -0.182. The predicted molar refractivity (Wildman–Crippen MR) is 84.0 cm³/mol. The Kier molecular flexibility index (Phi) is 3.50. The first-order chi connectivity index (χ1) is 9.67. The number of nitrogens with one attached hydrogen (secondary N) is 1. The summed E-state index contributed by atoms with van der Waals surface area (Å²) in [6, 6.07) is 7.77. The van der Waals surface area contributed by atoms with E-state index in [1.807, 2.05) is 47.2 Å². The maximum atomic E-state index is 12.2. The molecule has 0 aliphatic rings. The molecular weight excluding hydrogens is 290 g/mol. The van der Waals surface area contributed by atoms with Crippen molar-refractivity contribution in [3.8, 4) is 0 Å². The quantitative estimate of drug-likeness (QED) is 0.751. The fourth-order valence-corrected chi connectivity index (χ4v) is 3.21. The normalized spacial score (nSPS) is 10.9. The van der Waals surface area contributed by atoms with Crippen LogP contribution in [0.3, 0.4) is 0 Å². The highest BCUT2D eigenvalue weighted by molar-refractivity contribution is 7.98. The molecule has 1 aromatic carbocycles. The van der Waals surface area contributed by atoms with Gasteiger partial charge < -0.3 is 5.32 Å². The van der Waals surface area contributed by atoms with Crippen molar-refractivity contribution in [3.05, 3.63) is 47.2 Å². The number of fused-ring (bicyclic) bond motifs is 1. The number of rotatable bonds is 3. The minimum Gasteiger partial charge on any atom is -0.321 e. The molecule has 4 nitrogen and oxygen atoms in total. The molecule has 0 radical (unpaired) electrons. The van der Waals surface area contributed by atoms with Crippen LogP contribution < -0.4 is 5.32 Å². The van der Waals surface area contributed by atoms with Gasteiger partial charge in [0.15, 0.2) is 4.96 Å². The molecule has 2 aromatic heterocycles. The predicted octanol–water partition coefficient (Wildman–Crippen LogP) is 3.68. The summed E-state index contributed by atoms with van der Waals surface area (Å²) in [6.45, 7) is 1.99. The zero-order valence-corrected chi connectivity index (χ0v) is 12.7. The molecule has 102 valence electrons. The number of aromatic nitrogens is 2. The molecule has 3 rings (SSSR count). The molecule has 2 heterocycles. The first-order valence-electron chi connectivity index (χ1n) is 6.06. The summed E-state index contributed by atoms with van der Waals surface area (Å²) in [4.78, 5) is 18.5. The maximum Gasteiger partial charge on any atom is 0.275 e. The molecular formula is C14H13N3OS2. The molecule has 0 fully saturated rings. The van der Waals surface area contributed by atoms with E-state index in [4.69, 9.17) is 0 Å². The Balaban J connectivity index is 1.84. The fraction of sp³-hybridized carbons (Fsp3) is 0.143. The van der Waals surface area contributed by atoms with Gasteiger partial charge in [-0.05, 0) is 31.4 Å². The van der Waals surface area contributed by atoms with Gasteiger partial charge in [0.25, 0.3) is 5.91 Å². The lowest BCUT2D eigenvalue weighted by atomic mass is 10.3. The number of benzene rings is 1. The van der Waals surface area contributed by atoms with Crippen LogP contribution in [-0.2, 0) is 0 Å². The summed E-state index contributed by atoms with van der Waals surface area (Å²) in [5, 5.41) is 4.90. The van der Waals surface area contributed by atoms with Gasteiger partial charge in [0.05, 0.1) is 0 Å². The molecule has 6 heteroatoms. The van der Waals surface area contributed by atoms with Crippen LogP contribution in [0.25, 0.3) is 4.96 Å². The Morgan fingerprint density at radius 3 is 3.05 bits per heavy atom. The third-order valence-electron chi connectivity index (χ3n) is 2.95. The van der Waals surface area contributed by atoms with Gasteiger partial charge in [0.2, 0.25) is 0 Å². The topological polar surface area (TPSA) is 46.4 Å². The zero-order chi connectivity index (χ0) is 14.1. The summed E-state index contributed by atoms with van der Waals surface area (Å²) < 4.78 is 1.93. The SMILES string of the molecule is CSc1cccc(NC(=O)c2cn3c(C)csc3n2)c1. The lowest BCUT2D eigenvalue weighted by molar-refractivity contribution is 0.102. The minimum absolute atomic E-state index is 0.182. The van der Waals surface area contributed by atoms with Crippen molar-refractivity contribution in [3.63, 3.8) is 0 Å². The maximum absolute atomic E-state index is 12.2. The van der Waals surface area contributed by atoms with Gasteiger partial charge >= 0.3 is 0 Å². The van der Waals surface area contributed by atoms with E-state index in [1.165, 1.54) is 11.3 Å². The smallest absolute Gasteiger partial charge is 0.275 e. The minimum atomic E-state index is -0.182. The average molecular weight is 303 g/mol. The van der Waals surface area contributed by atoms with Gasteiger partial charge in [-0.15, -0.1) is 23.1 Å². The van der Waals surface area contributed by atoms with Crippen LogP contribution in [0.15, 0.2) is 40.7 Å².